The molecule has 1 unspecified atom stereocenters. The molecule has 1 aliphatic heterocycles. The number of nitrogens with two attached hydrogens (primary N) is 1. The molecule has 1 aromatic rings. The average molecular weight is 318 g/mol. The Morgan fingerprint density at radius 3 is 2.82 bits per heavy atom. The summed E-state index contributed by atoms with van der Waals surface area (Å²) >= 11 is 4.66. The molecule has 1 aromatic carbocycles. The van der Waals surface area contributed by atoms with Gasteiger partial charge in [-0.05, 0) is 44.9 Å². The van der Waals surface area contributed by atoms with Crippen LogP contribution in [0.5, 0.6) is 0 Å². The molecule has 118 valence electrons. The fraction of sp³-hybridized carbons (Fsp3) is 0.400. The largest absolute Gasteiger partial charge is 0.397 e. The first-order valence-corrected chi connectivity index (χ1v) is 7.63. The van der Waals surface area contributed by atoms with E-state index in [1.54, 1.807) is 6.92 Å². The SMILES string of the molecule is C=C(C)N=C(N=S)NNc1ccc(N2CCCC2C)cc1N. The molecule has 0 amide bonds. The topological polar surface area (TPSA) is 78.0 Å². The minimum Gasteiger partial charge on any atom is -0.397 e. The van der Waals surface area contributed by atoms with Gasteiger partial charge in [-0.15, -0.1) is 4.36 Å². The van der Waals surface area contributed by atoms with Gasteiger partial charge in [-0.25, -0.2) is 4.99 Å². The number of anilines is 3. The predicted molar refractivity (Wildman–Crippen MR) is 95.7 cm³/mol. The van der Waals surface area contributed by atoms with Crippen LogP contribution in [0, 0.1) is 0 Å². The number of nitrogens with zero attached hydrogens (tertiary/aromatic N) is 3. The third kappa shape index (κ3) is 3.94. The molecule has 1 saturated heterocycles. The summed E-state index contributed by atoms with van der Waals surface area (Å²) in [6.45, 7) is 8.77. The number of hydrazine groups is 1. The number of guanidine groups is 1. The molecular formula is C15H22N6S. The van der Waals surface area contributed by atoms with E-state index in [-0.39, 0.29) is 5.96 Å². The van der Waals surface area contributed by atoms with E-state index in [0.717, 1.165) is 17.9 Å². The van der Waals surface area contributed by atoms with E-state index in [2.05, 4.69) is 57.1 Å². The molecule has 1 heterocycles. The lowest BCUT2D eigenvalue weighted by molar-refractivity contribution is 0.735. The van der Waals surface area contributed by atoms with Crippen molar-refractivity contribution in [3.05, 3.63) is 30.5 Å². The van der Waals surface area contributed by atoms with E-state index in [1.807, 2.05) is 12.1 Å². The summed E-state index contributed by atoms with van der Waals surface area (Å²) in [4.78, 5) is 6.43. The molecule has 0 aliphatic carbocycles. The Labute approximate surface area is 136 Å². The summed E-state index contributed by atoms with van der Waals surface area (Å²) in [6, 6.07) is 6.53. The van der Waals surface area contributed by atoms with Gasteiger partial charge in [0.15, 0.2) is 0 Å². The van der Waals surface area contributed by atoms with Crippen molar-refractivity contribution in [2.75, 3.05) is 22.6 Å². The number of nitrogens with one attached hydrogen (secondary N) is 2. The van der Waals surface area contributed by atoms with Crippen molar-refractivity contribution < 1.29 is 0 Å². The Balaban J connectivity index is 2.07. The summed E-state index contributed by atoms with van der Waals surface area (Å²) < 4.78 is 3.61. The van der Waals surface area contributed by atoms with Crippen LogP contribution in [0.1, 0.15) is 26.7 Å². The van der Waals surface area contributed by atoms with Crippen LogP contribution in [0.25, 0.3) is 0 Å². The van der Waals surface area contributed by atoms with Gasteiger partial charge in [0.1, 0.15) is 0 Å². The van der Waals surface area contributed by atoms with Gasteiger partial charge in [0.05, 0.1) is 11.4 Å². The zero-order chi connectivity index (χ0) is 16.1. The standard InChI is InChI=1S/C15H22N6S/c1-10(2)17-15(20-22)19-18-14-7-6-12(9-13(14)16)21-8-4-5-11(21)3/h6-7,9,11,18H,1,4-5,8,16H2,2-3H3,(H,17,19). The lowest BCUT2D eigenvalue weighted by atomic mass is 10.2. The average Bonchev–Trinajstić information content (AvgIpc) is 2.90. The first kappa shape index (κ1) is 16.2. The van der Waals surface area contributed by atoms with E-state index in [1.165, 1.54) is 12.8 Å². The molecule has 6 nitrogen and oxygen atoms in total. The highest BCUT2D eigenvalue weighted by Gasteiger charge is 2.20. The second-order valence-electron chi connectivity index (χ2n) is 5.47. The van der Waals surface area contributed by atoms with E-state index in [0.29, 0.717) is 17.4 Å². The number of allylic oxidation sites excluding steroid dienone is 1. The van der Waals surface area contributed by atoms with Crippen molar-refractivity contribution >= 4 is 35.4 Å². The van der Waals surface area contributed by atoms with Crippen LogP contribution >= 0.6 is 0 Å². The van der Waals surface area contributed by atoms with Gasteiger partial charge >= 0.3 is 0 Å². The van der Waals surface area contributed by atoms with Crippen molar-refractivity contribution in [2.24, 2.45) is 9.36 Å². The van der Waals surface area contributed by atoms with Gasteiger partial charge in [-0.2, -0.15) is 0 Å². The van der Waals surface area contributed by atoms with E-state index < -0.39 is 0 Å². The normalized spacial score (nSPS) is 18.2. The van der Waals surface area contributed by atoms with Gasteiger partial charge < -0.3 is 10.6 Å². The minimum atomic E-state index is 0.277. The lowest BCUT2D eigenvalue weighted by Crippen LogP contribution is -2.29. The van der Waals surface area contributed by atoms with Gasteiger partial charge in [-0.1, -0.05) is 6.58 Å². The molecule has 0 radical (unpaired) electrons. The first-order chi connectivity index (χ1) is 10.5. The Morgan fingerprint density at radius 1 is 1.50 bits per heavy atom. The molecular weight excluding hydrogens is 296 g/mol. The number of benzene rings is 1. The van der Waals surface area contributed by atoms with E-state index in [4.69, 9.17) is 5.73 Å². The van der Waals surface area contributed by atoms with Gasteiger partial charge in [0, 0.05) is 36.4 Å². The number of hydrogen-bond acceptors (Lipinski definition) is 5. The summed E-state index contributed by atoms with van der Waals surface area (Å²) in [5.41, 5.74) is 15.1. The van der Waals surface area contributed by atoms with Gasteiger partial charge in [-0.3, -0.25) is 10.9 Å². The first-order valence-electron chi connectivity index (χ1n) is 7.27. The molecule has 7 heteroatoms. The number of hydrogen-bond donors (Lipinski definition) is 3. The number of rotatable bonds is 4. The van der Waals surface area contributed by atoms with Gasteiger partial charge in [0.2, 0.25) is 0 Å². The summed E-state index contributed by atoms with van der Waals surface area (Å²) in [7, 11) is 0. The predicted octanol–water partition coefficient (Wildman–Crippen LogP) is 2.79. The maximum absolute atomic E-state index is 6.12. The monoisotopic (exact) mass is 318 g/mol. The molecule has 1 aliphatic rings. The smallest absolute Gasteiger partial charge is 0.253 e. The number of nitrogen functional groups attached to an aromatic ring is 1. The molecule has 0 saturated carbocycles. The highest BCUT2D eigenvalue weighted by atomic mass is 32.1. The van der Waals surface area contributed by atoms with Crippen molar-refractivity contribution in [3.63, 3.8) is 0 Å². The van der Waals surface area contributed by atoms with Crippen molar-refractivity contribution in [1.82, 2.24) is 5.43 Å². The third-order valence-corrected chi connectivity index (χ3v) is 3.78. The molecule has 22 heavy (non-hydrogen) atoms. The third-order valence-electron chi connectivity index (χ3n) is 3.61. The summed E-state index contributed by atoms with van der Waals surface area (Å²) in [5.74, 6) is 0.277. The maximum atomic E-state index is 6.12. The maximum Gasteiger partial charge on any atom is 0.253 e. The molecule has 4 N–H and O–H groups in total. The summed E-state index contributed by atoms with van der Waals surface area (Å²) in [6.07, 6.45) is 2.45. The Kier molecular flexibility index (Phi) is 5.32. The number of aliphatic imine (C=N–C) groups is 1. The van der Waals surface area contributed by atoms with Crippen molar-refractivity contribution in [3.8, 4) is 0 Å². The van der Waals surface area contributed by atoms with Crippen LogP contribution < -0.4 is 21.5 Å². The lowest BCUT2D eigenvalue weighted by Gasteiger charge is -2.24. The fourth-order valence-electron chi connectivity index (χ4n) is 2.53. The molecule has 2 rings (SSSR count). The fourth-order valence-corrected chi connectivity index (χ4v) is 2.62. The minimum absolute atomic E-state index is 0.277. The zero-order valence-electron chi connectivity index (χ0n) is 13.0. The van der Waals surface area contributed by atoms with Crippen LogP contribution in [0.2, 0.25) is 0 Å². The van der Waals surface area contributed by atoms with E-state index in [9.17, 15) is 0 Å². The highest BCUT2D eigenvalue weighted by Crippen LogP contribution is 2.29. The molecule has 1 fully saturated rings. The van der Waals surface area contributed by atoms with Crippen LogP contribution in [-0.4, -0.2) is 18.5 Å². The highest BCUT2D eigenvalue weighted by molar-refractivity contribution is 7.47. The van der Waals surface area contributed by atoms with Gasteiger partial charge in [0.25, 0.3) is 5.96 Å². The van der Waals surface area contributed by atoms with Crippen LogP contribution in [0.3, 0.4) is 0 Å². The molecule has 1 atom stereocenters. The van der Waals surface area contributed by atoms with Crippen LogP contribution in [0.15, 0.2) is 39.8 Å². The Hall–Kier alpha value is -2.15. The van der Waals surface area contributed by atoms with Crippen LogP contribution in [0.4, 0.5) is 17.1 Å². The molecule has 0 bridgehead atoms. The van der Waals surface area contributed by atoms with Crippen molar-refractivity contribution in [2.45, 2.75) is 32.7 Å². The van der Waals surface area contributed by atoms with Crippen LogP contribution in [-0.2, 0) is 12.4 Å². The Morgan fingerprint density at radius 2 is 2.27 bits per heavy atom. The summed E-state index contributed by atoms with van der Waals surface area (Å²) in [5, 5.41) is 0. The second-order valence-corrected chi connectivity index (χ2v) is 5.65. The molecule has 0 aromatic heterocycles. The Bertz CT molecular complexity index is 598. The van der Waals surface area contributed by atoms with Crippen molar-refractivity contribution in [1.29, 1.82) is 0 Å². The quantitative estimate of drug-likeness (QED) is 0.344. The zero-order valence-corrected chi connectivity index (χ0v) is 13.8. The molecule has 0 spiro atoms. The second kappa shape index (κ2) is 7.22. The van der Waals surface area contributed by atoms with E-state index >= 15 is 0 Å².